The van der Waals surface area contributed by atoms with E-state index < -0.39 is 33.2 Å². The topological polar surface area (TPSA) is 86.7 Å². The van der Waals surface area contributed by atoms with E-state index in [4.69, 9.17) is 0 Å². The fourth-order valence-corrected chi connectivity index (χ4v) is 4.54. The number of rotatable bonds is 3. The molecule has 0 aliphatic carbocycles. The van der Waals surface area contributed by atoms with Crippen LogP contribution in [0.1, 0.15) is 33.6 Å². The molecule has 2 rings (SSSR count). The summed E-state index contributed by atoms with van der Waals surface area (Å²) >= 11 is 0. The molecule has 0 aromatic heterocycles. The number of hydrogen-bond acceptors (Lipinski definition) is 3. The summed E-state index contributed by atoms with van der Waals surface area (Å²) in [6.45, 7) is 5.83. The Morgan fingerprint density at radius 1 is 1.38 bits per heavy atom. The second kappa shape index (κ2) is 6.58. The van der Waals surface area contributed by atoms with Crippen molar-refractivity contribution in [1.29, 1.82) is 0 Å². The number of sulfonamides is 1. The van der Waals surface area contributed by atoms with Crippen molar-refractivity contribution >= 4 is 21.8 Å². The number of amides is 1. The lowest BCUT2D eigenvalue weighted by Crippen LogP contribution is -2.54. The molecule has 1 amide bonds. The highest BCUT2D eigenvalue weighted by molar-refractivity contribution is 7.93. The molecule has 0 radical (unpaired) electrons. The van der Waals surface area contributed by atoms with Crippen molar-refractivity contribution in [1.82, 2.24) is 4.90 Å². The Balaban J connectivity index is 2.21. The lowest BCUT2D eigenvalue weighted by Gasteiger charge is -2.44. The van der Waals surface area contributed by atoms with Crippen LogP contribution in [0.3, 0.4) is 0 Å². The van der Waals surface area contributed by atoms with Crippen LogP contribution in [0, 0.1) is 11.2 Å². The van der Waals surface area contributed by atoms with Crippen molar-refractivity contribution in [3.8, 4) is 0 Å². The number of nitrogens with zero attached hydrogens (tertiary/aromatic N) is 1. The Labute approximate surface area is 141 Å². The van der Waals surface area contributed by atoms with Gasteiger partial charge in [-0.3, -0.25) is 4.72 Å². The second-order valence-electron chi connectivity index (χ2n) is 7.16. The number of anilines is 1. The zero-order chi connectivity index (χ0) is 18.1. The highest BCUT2D eigenvalue weighted by atomic mass is 32.2. The van der Waals surface area contributed by atoms with Crippen molar-refractivity contribution in [2.75, 3.05) is 11.3 Å². The molecule has 24 heavy (non-hydrogen) atoms. The van der Waals surface area contributed by atoms with Crippen molar-refractivity contribution in [2.24, 2.45) is 5.41 Å². The van der Waals surface area contributed by atoms with Gasteiger partial charge in [-0.05, 0) is 36.5 Å². The maximum Gasteiger partial charge on any atom is 0.407 e. The first-order chi connectivity index (χ1) is 11.0. The van der Waals surface area contributed by atoms with E-state index in [0.29, 0.717) is 0 Å². The molecule has 1 aliphatic heterocycles. The lowest BCUT2D eigenvalue weighted by atomic mass is 9.80. The zero-order valence-corrected chi connectivity index (χ0v) is 14.8. The van der Waals surface area contributed by atoms with Crippen molar-refractivity contribution in [3.63, 3.8) is 0 Å². The molecule has 1 aliphatic rings. The third kappa shape index (κ3) is 4.17. The quantitative estimate of drug-likeness (QED) is 0.869. The molecular weight excluding hydrogens is 335 g/mol. The summed E-state index contributed by atoms with van der Waals surface area (Å²) in [6, 6.07) is 4.86. The SMILES string of the molecule is CC(C)(C)C1CC(S(=O)(=O)Nc2cccc(F)c2)CCN1C(=O)O. The second-order valence-corrected chi connectivity index (χ2v) is 9.12. The number of hydrogen-bond donors (Lipinski definition) is 2. The molecule has 1 saturated heterocycles. The van der Waals surface area contributed by atoms with E-state index in [1.165, 1.54) is 23.1 Å². The number of nitrogens with one attached hydrogen (secondary N) is 1. The molecule has 1 heterocycles. The number of benzene rings is 1. The number of piperidine rings is 1. The van der Waals surface area contributed by atoms with Crippen LogP contribution in [0.5, 0.6) is 0 Å². The van der Waals surface area contributed by atoms with Gasteiger partial charge in [-0.2, -0.15) is 0 Å². The molecule has 6 nitrogen and oxygen atoms in total. The fourth-order valence-electron chi connectivity index (χ4n) is 3.06. The van der Waals surface area contributed by atoms with Crippen LogP contribution < -0.4 is 4.72 Å². The monoisotopic (exact) mass is 358 g/mol. The summed E-state index contributed by atoms with van der Waals surface area (Å²) in [5, 5.41) is 8.62. The largest absolute Gasteiger partial charge is 0.465 e. The third-order valence-electron chi connectivity index (χ3n) is 4.32. The molecule has 1 aromatic rings. The summed E-state index contributed by atoms with van der Waals surface area (Å²) in [4.78, 5) is 12.7. The first-order valence-electron chi connectivity index (χ1n) is 7.77. The van der Waals surface area contributed by atoms with Crippen molar-refractivity contribution in [3.05, 3.63) is 30.1 Å². The van der Waals surface area contributed by atoms with E-state index >= 15 is 0 Å². The van der Waals surface area contributed by atoms with Gasteiger partial charge in [0.05, 0.1) is 10.9 Å². The maximum absolute atomic E-state index is 13.2. The van der Waals surface area contributed by atoms with Gasteiger partial charge in [0.1, 0.15) is 5.82 Å². The van der Waals surface area contributed by atoms with Gasteiger partial charge in [0.2, 0.25) is 10.0 Å². The van der Waals surface area contributed by atoms with Gasteiger partial charge in [0, 0.05) is 12.6 Å². The van der Waals surface area contributed by atoms with Crippen LogP contribution in [0.2, 0.25) is 0 Å². The minimum Gasteiger partial charge on any atom is -0.465 e. The van der Waals surface area contributed by atoms with Crippen LogP contribution >= 0.6 is 0 Å². The molecule has 0 saturated carbocycles. The number of likely N-dealkylation sites (tertiary alicyclic amines) is 1. The zero-order valence-electron chi connectivity index (χ0n) is 14.0. The summed E-state index contributed by atoms with van der Waals surface area (Å²) in [5.41, 5.74) is -0.214. The van der Waals surface area contributed by atoms with Crippen molar-refractivity contribution in [2.45, 2.75) is 44.9 Å². The maximum atomic E-state index is 13.2. The summed E-state index contributed by atoms with van der Waals surface area (Å²) < 4.78 is 40.9. The summed E-state index contributed by atoms with van der Waals surface area (Å²) in [7, 11) is -3.73. The van der Waals surface area contributed by atoms with Crippen molar-refractivity contribution < 1.29 is 22.7 Å². The van der Waals surface area contributed by atoms with Gasteiger partial charge in [-0.15, -0.1) is 0 Å². The van der Waals surface area contributed by atoms with Gasteiger partial charge in [-0.25, -0.2) is 17.6 Å². The number of carbonyl (C=O) groups is 1. The highest BCUT2D eigenvalue weighted by Gasteiger charge is 2.42. The van der Waals surface area contributed by atoms with E-state index in [-0.39, 0.29) is 30.5 Å². The normalized spacial score (nSPS) is 22.2. The van der Waals surface area contributed by atoms with Gasteiger partial charge in [-0.1, -0.05) is 26.8 Å². The van der Waals surface area contributed by atoms with Gasteiger partial charge >= 0.3 is 6.09 Å². The average molecular weight is 358 g/mol. The van der Waals surface area contributed by atoms with Crippen LogP contribution in [0.4, 0.5) is 14.9 Å². The molecule has 0 bridgehead atoms. The van der Waals surface area contributed by atoms with E-state index in [1.54, 1.807) is 0 Å². The minimum atomic E-state index is -3.73. The molecule has 2 atom stereocenters. The molecule has 134 valence electrons. The molecule has 2 N–H and O–H groups in total. The first-order valence-corrected chi connectivity index (χ1v) is 9.32. The highest BCUT2D eigenvalue weighted by Crippen LogP contribution is 2.34. The standard InChI is InChI=1S/C16H23FN2O4S/c1-16(2,3)14-10-13(7-8-19(14)15(20)21)24(22,23)18-12-6-4-5-11(17)9-12/h4-6,9,13-14,18H,7-8,10H2,1-3H3,(H,20,21). The molecule has 2 unspecified atom stereocenters. The van der Waals surface area contributed by atoms with Gasteiger partial charge in [0.15, 0.2) is 0 Å². The Kier molecular flexibility index (Phi) is 5.08. The molecular formula is C16H23FN2O4S. The van der Waals surface area contributed by atoms with E-state index in [2.05, 4.69) is 4.72 Å². The molecule has 1 aromatic carbocycles. The minimum absolute atomic E-state index is 0.159. The van der Waals surface area contributed by atoms with E-state index in [0.717, 1.165) is 6.07 Å². The first kappa shape index (κ1) is 18.5. The van der Waals surface area contributed by atoms with Gasteiger partial charge in [0.25, 0.3) is 0 Å². The van der Waals surface area contributed by atoms with E-state index in [9.17, 15) is 22.7 Å². The van der Waals surface area contributed by atoms with E-state index in [1.807, 2.05) is 20.8 Å². The Hall–Kier alpha value is -1.83. The summed E-state index contributed by atoms with van der Waals surface area (Å²) in [5.74, 6) is -0.525. The predicted octanol–water partition coefficient (Wildman–Crippen LogP) is 3.12. The van der Waals surface area contributed by atoms with Crippen LogP contribution in [-0.2, 0) is 10.0 Å². The Morgan fingerprint density at radius 3 is 2.58 bits per heavy atom. The number of halogens is 1. The fraction of sp³-hybridized carbons (Fsp3) is 0.562. The smallest absolute Gasteiger partial charge is 0.407 e. The Morgan fingerprint density at radius 2 is 2.04 bits per heavy atom. The third-order valence-corrected chi connectivity index (χ3v) is 6.15. The summed E-state index contributed by atoms with van der Waals surface area (Å²) in [6.07, 6.45) is -0.617. The lowest BCUT2D eigenvalue weighted by molar-refractivity contribution is 0.0605. The van der Waals surface area contributed by atoms with Gasteiger partial charge < -0.3 is 10.0 Å². The van der Waals surface area contributed by atoms with Crippen LogP contribution in [0.25, 0.3) is 0 Å². The average Bonchev–Trinajstić information content (AvgIpc) is 2.45. The molecule has 8 heteroatoms. The number of carboxylic acid groups (broad SMARTS) is 1. The van der Waals surface area contributed by atoms with Crippen LogP contribution in [0.15, 0.2) is 24.3 Å². The van der Waals surface area contributed by atoms with Crippen LogP contribution in [-0.4, -0.2) is 42.4 Å². The molecule has 1 fully saturated rings. The predicted molar refractivity (Wildman–Crippen MR) is 89.9 cm³/mol. The molecule has 0 spiro atoms. The Bertz CT molecular complexity index is 715.